The van der Waals surface area contributed by atoms with Crippen molar-refractivity contribution in [1.82, 2.24) is 9.78 Å². The van der Waals surface area contributed by atoms with Crippen LogP contribution in [0.5, 0.6) is 0 Å². The zero-order valence-corrected chi connectivity index (χ0v) is 12.9. The van der Waals surface area contributed by atoms with Gasteiger partial charge >= 0.3 is 0 Å². The lowest BCUT2D eigenvalue weighted by Gasteiger charge is -2.20. The zero-order chi connectivity index (χ0) is 15.9. The van der Waals surface area contributed by atoms with Gasteiger partial charge in [0, 0.05) is 23.4 Å². The summed E-state index contributed by atoms with van der Waals surface area (Å²) in [6.07, 6.45) is 3.58. The third kappa shape index (κ3) is 2.29. The van der Waals surface area contributed by atoms with Crippen LogP contribution < -0.4 is 5.73 Å². The first kappa shape index (κ1) is 14.7. The molecule has 0 saturated heterocycles. The first-order chi connectivity index (χ1) is 10.5. The van der Waals surface area contributed by atoms with Gasteiger partial charge in [-0.05, 0) is 44.2 Å². The van der Waals surface area contributed by atoms with Crippen LogP contribution in [0, 0.1) is 17.0 Å². The number of fused-ring (bicyclic) bond motifs is 1. The second-order valence-electron chi connectivity index (χ2n) is 5.82. The second kappa shape index (κ2) is 5.53. The number of nitro groups is 1. The van der Waals surface area contributed by atoms with E-state index in [1.165, 1.54) is 0 Å². The minimum absolute atomic E-state index is 0.0167. The molecule has 1 unspecified atom stereocenters. The lowest BCUT2D eigenvalue weighted by Crippen LogP contribution is -2.19. The van der Waals surface area contributed by atoms with Gasteiger partial charge in [0.1, 0.15) is 5.69 Å². The number of aromatic nitrogens is 2. The number of benzene rings is 1. The molecule has 1 aromatic heterocycles. The number of aryl methyl sites for hydroxylation is 2. The van der Waals surface area contributed by atoms with Crippen molar-refractivity contribution in [2.75, 3.05) is 0 Å². The van der Waals surface area contributed by atoms with Crippen LogP contribution in [-0.2, 0) is 12.8 Å². The van der Waals surface area contributed by atoms with E-state index in [-0.39, 0.29) is 16.7 Å². The van der Waals surface area contributed by atoms with E-state index < -0.39 is 0 Å². The molecule has 0 fully saturated rings. The third-order valence-corrected chi connectivity index (χ3v) is 4.29. The van der Waals surface area contributed by atoms with Crippen LogP contribution in [0.4, 0.5) is 5.69 Å². The maximum atomic E-state index is 11.4. The van der Waals surface area contributed by atoms with E-state index >= 15 is 0 Å². The van der Waals surface area contributed by atoms with Gasteiger partial charge in [-0.2, -0.15) is 5.10 Å². The summed E-state index contributed by atoms with van der Waals surface area (Å²) in [5, 5.41) is 16.0. The van der Waals surface area contributed by atoms with E-state index in [4.69, 9.17) is 5.73 Å². The van der Waals surface area contributed by atoms with Gasteiger partial charge in [0.2, 0.25) is 0 Å². The molecule has 0 aliphatic heterocycles. The first-order valence-electron chi connectivity index (χ1n) is 7.64. The number of nitro benzene ring substituents is 1. The Labute approximate surface area is 129 Å². The average Bonchev–Trinajstić information content (AvgIpc) is 2.87. The molecule has 2 aromatic rings. The number of rotatable bonds is 3. The van der Waals surface area contributed by atoms with Gasteiger partial charge in [0.05, 0.1) is 10.6 Å². The van der Waals surface area contributed by atoms with Gasteiger partial charge in [0.25, 0.3) is 5.69 Å². The number of nitrogens with zero attached hydrogens (tertiary/aromatic N) is 3. The number of nitrogens with two attached hydrogens (primary N) is 1. The van der Waals surface area contributed by atoms with E-state index in [0.717, 1.165) is 48.2 Å². The van der Waals surface area contributed by atoms with Crippen LogP contribution in [0.2, 0.25) is 0 Å². The zero-order valence-electron chi connectivity index (χ0n) is 12.9. The molecule has 1 aromatic carbocycles. The normalized spacial score (nSPS) is 17.3. The Morgan fingerprint density at radius 1 is 1.50 bits per heavy atom. The predicted molar refractivity (Wildman–Crippen MR) is 84.2 cm³/mol. The molecule has 22 heavy (non-hydrogen) atoms. The first-order valence-corrected chi connectivity index (χ1v) is 7.64. The van der Waals surface area contributed by atoms with E-state index in [9.17, 15) is 10.1 Å². The Bertz CT molecular complexity index is 736. The van der Waals surface area contributed by atoms with Crippen molar-refractivity contribution >= 4 is 5.69 Å². The average molecular weight is 300 g/mol. The molecule has 0 saturated carbocycles. The van der Waals surface area contributed by atoms with Crippen LogP contribution in [0.25, 0.3) is 5.69 Å². The topological polar surface area (TPSA) is 87.0 Å². The van der Waals surface area contributed by atoms with E-state index in [0.29, 0.717) is 5.69 Å². The van der Waals surface area contributed by atoms with Crippen LogP contribution in [-0.4, -0.2) is 14.7 Å². The molecule has 1 heterocycles. The van der Waals surface area contributed by atoms with Gasteiger partial charge in [-0.25, -0.2) is 4.68 Å². The Morgan fingerprint density at radius 3 is 2.95 bits per heavy atom. The maximum Gasteiger partial charge on any atom is 0.295 e. The van der Waals surface area contributed by atoms with Crippen molar-refractivity contribution < 1.29 is 4.92 Å². The lowest BCUT2D eigenvalue weighted by molar-refractivity contribution is -0.384. The molecule has 116 valence electrons. The van der Waals surface area contributed by atoms with Gasteiger partial charge < -0.3 is 5.73 Å². The molecule has 0 radical (unpaired) electrons. The van der Waals surface area contributed by atoms with Gasteiger partial charge in [-0.3, -0.25) is 10.1 Å². The fourth-order valence-electron chi connectivity index (χ4n) is 3.24. The van der Waals surface area contributed by atoms with E-state index in [2.05, 4.69) is 5.10 Å². The highest BCUT2D eigenvalue weighted by Gasteiger charge is 2.28. The third-order valence-electron chi connectivity index (χ3n) is 4.29. The quantitative estimate of drug-likeness (QED) is 0.697. The molecule has 6 heteroatoms. The standard InChI is InChI=1S/C16H20N4O2/c1-3-12-16-11(17)5-4-6-14(16)19(18-12)13-8-7-10(2)9-15(13)20(21)22/h7-9,11H,3-6,17H2,1-2H3. The molecular weight excluding hydrogens is 280 g/mol. The SMILES string of the molecule is CCc1nn(-c2ccc(C)cc2[N+](=O)[O-])c2c1C(N)CCC2. The molecule has 6 nitrogen and oxygen atoms in total. The molecule has 1 aliphatic carbocycles. The lowest BCUT2D eigenvalue weighted by atomic mass is 9.91. The second-order valence-corrected chi connectivity index (χ2v) is 5.82. The Hall–Kier alpha value is -2.21. The van der Waals surface area contributed by atoms with Crippen LogP contribution in [0.1, 0.15) is 48.3 Å². The molecule has 0 amide bonds. The van der Waals surface area contributed by atoms with Crippen molar-refractivity contribution in [2.24, 2.45) is 5.73 Å². The molecule has 1 aliphatic rings. The highest BCUT2D eigenvalue weighted by Crippen LogP contribution is 2.34. The predicted octanol–water partition coefficient (Wildman–Crippen LogP) is 2.99. The molecule has 2 N–H and O–H groups in total. The summed E-state index contributed by atoms with van der Waals surface area (Å²) in [5.41, 5.74) is 10.8. The van der Waals surface area contributed by atoms with Crippen LogP contribution in [0.15, 0.2) is 18.2 Å². The summed E-state index contributed by atoms with van der Waals surface area (Å²) in [4.78, 5) is 11.1. The fraction of sp³-hybridized carbons (Fsp3) is 0.438. The highest BCUT2D eigenvalue weighted by atomic mass is 16.6. The van der Waals surface area contributed by atoms with Crippen LogP contribution >= 0.6 is 0 Å². The fourth-order valence-corrected chi connectivity index (χ4v) is 3.24. The molecule has 3 rings (SSSR count). The van der Waals surface area contributed by atoms with Crippen molar-refractivity contribution in [3.8, 4) is 5.69 Å². The summed E-state index contributed by atoms with van der Waals surface area (Å²) in [6.45, 7) is 3.89. The largest absolute Gasteiger partial charge is 0.324 e. The molecule has 0 spiro atoms. The van der Waals surface area contributed by atoms with E-state index in [1.807, 2.05) is 19.9 Å². The number of hydrogen-bond donors (Lipinski definition) is 1. The molecule has 1 atom stereocenters. The summed E-state index contributed by atoms with van der Waals surface area (Å²) in [5.74, 6) is 0. The summed E-state index contributed by atoms with van der Waals surface area (Å²) in [6, 6.07) is 5.24. The van der Waals surface area contributed by atoms with Crippen molar-refractivity contribution in [1.29, 1.82) is 0 Å². The number of hydrogen-bond acceptors (Lipinski definition) is 4. The van der Waals surface area contributed by atoms with Crippen molar-refractivity contribution in [3.05, 3.63) is 50.8 Å². The Morgan fingerprint density at radius 2 is 2.27 bits per heavy atom. The summed E-state index contributed by atoms with van der Waals surface area (Å²) < 4.78 is 1.74. The van der Waals surface area contributed by atoms with E-state index in [1.54, 1.807) is 16.8 Å². The van der Waals surface area contributed by atoms with Crippen LogP contribution in [0.3, 0.4) is 0 Å². The van der Waals surface area contributed by atoms with Gasteiger partial charge in [0.15, 0.2) is 0 Å². The Balaban J connectivity index is 2.24. The summed E-state index contributed by atoms with van der Waals surface area (Å²) in [7, 11) is 0. The van der Waals surface area contributed by atoms with Gasteiger partial charge in [-0.1, -0.05) is 13.0 Å². The monoisotopic (exact) mass is 300 g/mol. The minimum Gasteiger partial charge on any atom is -0.324 e. The highest BCUT2D eigenvalue weighted by molar-refractivity contribution is 5.55. The Kier molecular flexibility index (Phi) is 3.70. The van der Waals surface area contributed by atoms with Gasteiger partial charge in [-0.15, -0.1) is 0 Å². The molecular formula is C16H20N4O2. The summed E-state index contributed by atoms with van der Waals surface area (Å²) >= 11 is 0. The maximum absolute atomic E-state index is 11.4. The smallest absolute Gasteiger partial charge is 0.295 e. The molecule has 0 bridgehead atoms. The minimum atomic E-state index is -0.342. The van der Waals surface area contributed by atoms with Crippen molar-refractivity contribution in [3.63, 3.8) is 0 Å². The van der Waals surface area contributed by atoms with Crippen molar-refractivity contribution in [2.45, 2.75) is 45.6 Å².